The van der Waals surface area contributed by atoms with Gasteiger partial charge in [-0.25, -0.2) is 0 Å². The van der Waals surface area contributed by atoms with Crippen LogP contribution >= 0.6 is 0 Å². The summed E-state index contributed by atoms with van der Waals surface area (Å²) in [6.45, 7) is 1.98. The molecule has 3 N–H and O–H groups in total. The van der Waals surface area contributed by atoms with E-state index in [4.69, 9.17) is 5.73 Å². The molecule has 0 spiro atoms. The molecule has 0 bridgehead atoms. The summed E-state index contributed by atoms with van der Waals surface area (Å²) in [5.41, 5.74) is 9.17. The zero-order chi connectivity index (χ0) is 12.0. The van der Waals surface area contributed by atoms with Crippen molar-refractivity contribution >= 4 is 27.5 Å². The Kier molecular flexibility index (Phi) is 1.95. The number of aromatic nitrogens is 1. The molecule has 0 saturated heterocycles. The van der Waals surface area contributed by atoms with Crippen molar-refractivity contribution in [3.63, 3.8) is 0 Å². The summed E-state index contributed by atoms with van der Waals surface area (Å²) in [6.07, 6.45) is 0. The van der Waals surface area contributed by atoms with Gasteiger partial charge in [0.1, 0.15) is 0 Å². The van der Waals surface area contributed by atoms with E-state index in [0.29, 0.717) is 11.1 Å². The van der Waals surface area contributed by atoms with E-state index in [0.717, 1.165) is 22.0 Å². The van der Waals surface area contributed by atoms with Gasteiger partial charge in [0.05, 0.1) is 11.0 Å². The number of anilines is 1. The van der Waals surface area contributed by atoms with Crippen molar-refractivity contribution in [3.8, 4) is 0 Å². The van der Waals surface area contributed by atoms with Crippen LogP contribution in [0, 0.1) is 6.92 Å². The number of aryl methyl sites for hydroxylation is 1. The van der Waals surface area contributed by atoms with Crippen molar-refractivity contribution in [3.05, 3.63) is 52.2 Å². The van der Waals surface area contributed by atoms with Crippen LogP contribution in [0.2, 0.25) is 0 Å². The Hall–Kier alpha value is -2.29. The molecule has 3 rings (SSSR count). The van der Waals surface area contributed by atoms with Crippen LogP contribution in [-0.2, 0) is 0 Å². The van der Waals surface area contributed by atoms with Crippen LogP contribution in [-0.4, -0.2) is 4.98 Å². The van der Waals surface area contributed by atoms with Crippen molar-refractivity contribution in [2.45, 2.75) is 6.92 Å². The van der Waals surface area contributed by atoms with Crippen molar-refractivity contribution < 1.29 is 0 Å². The Morgan fingerprint density at radius 1 is 1.12 bits per heavy atom. The van der Waals surface area contributed by atoms with E-state index in [1.54, 1.807) is 18.2 Å². The predicted octanol–water partition coefficient (Wildman–Crippen LogP) is 2.57. The number of nitrogens with two attached hydrogens (primary N) is 1. The Balaban J connectivity index is 2.62. The topological polar surface area (TPSA) is 58.9 Å². The number of nitrogens with one attached hydrogen (secondary N) is 1. The molecule has 3 heteroatoms. The van der Waals surface area contributed by atoms with E-state index < -0.39 is 0 Å². The average molecular weight is 224 g/mol. The van der Waals surface area contributed by atoms with Crippen LogP contribution in [0.1, 0.15) is 5.56 Å². The van der Waals surface area contributed by atoms with Gasteiger partial charge < -0.3 is 10.7 Å². The number of nitrogen functional groups attached to an aromatic ring is 1. The average Bonchev–Trinajstić information content (AvgIpc) is 2.30. The van der Waals surface area contributed by atoms with Crippen molar-refractivity contribution in [2.75, 3.05) is 5.73 Å². The molecule has 17 heavy (non-hydrogen) atoms. The molecule has 1 heterocycles. The Labute approximate surface area is 97.9 Å². The van der Waals surface area contributed by atoms with Crippen LogP contribution in [0.4, 0.5) is 5.69 Å². The maximum absolute atomic E-state index is 12.3. The highest BCUT2D eigenvalue weighted by molar-refractivity contribution is 5.94. The molecule has 0 atom stereocenters. The van der Waals surface area contributed by atoms with Crippen LogP contribution in [0.3, 0.4) is 0 Å². The van der Waals surface area contributed by atoms with E-state index in [-0.39, 0.29) is 5.43 Å². The summed E-state index contributed by atoms with van der Waals surface area (Å²) in [4.78, 5) is 15.6. The number of hydrogen-bond donors (Lipinski definition) is 2. The number of rotatable bonds is 0. The van der Waals surface area contributed by atoms with Gasteiger partial charge in [0.25, 0.3) is 0 Å². The van der Waals surface area contributed by atoms with Gasteiger partial charge in [0.15, 0.2) is 5.43 Å². The van der Waals surface area contributed by atoms with Crippen LogP contribution in [0.25, 0.3) is 21.8 Å². The third kappa shape index (κ3) is 1.40. The van der Waals surface area contributed by atoms with Gasteiger partial charge in [-0.2, -0.15) is 0 Å². The van der Waals surface area contributed by atoms with Gasteiger partial charge in [-0.3, -0.25) is 4.79 Å². The first kappa shape index (κ1) is 9.90. The normalized spacial score (nSPS) is 11.1. The standard InChI is InChI=1S/C14H12N2O/c1-8-3-2-4-11-13(8)16-12-7-9(15)5-6-10(12)14(11)17/h2-7H,15H2,1H3,(H,16,17). The molecule has 84 valence electrons. The predicted molar refractivity (Wildman–Crippen MR) is 71.2 cm³/mol. The van der Waals surface area contributed by atoms with Crippen LogP contribution in [0.5, 0.6) is 0 Å². The fraction of sp³-hybridized carbons (Fsp3) is 0.0714. The SMILES string of the molecule is Cc1cccc2c(=O)c3ccc(N)cc3[nH]c12. The summed E-state index contributed by atoms with van der Waals surface area (Å²) >= 11 is 0. The molecule has 2 aromatic carbocycles. The molecular weight excluding hydrogens is 212 g/mol. The lowest BCUT2D eigenvalue weighted by atomic mass is 10.1. The zero-order valence-electron chi connectivity index (χ0n) is 9.45. The van der Waals surface area contributed by atoms with Crippen molar-refractivity contribution in [1.29, 1.82) is 0 Å². The van der Waals surface area contributed by atoms with Gasteiger partial charge in [-0.15, -0.1) is 0 Å². The quantitative estimate of drug-likeness (QED) is 0.455. The summed E-state index contributed by atoms with van der Waals surface area (Å²) in [5, 5.41) is 1.40. The van der Waals surface area contributed by atoms with Gasteiger partial charge in [-0.05, 0) is 36.8 Å². The monoisotopic (exact) mass is 224 g/mol. The van der Waals surface area contributed by atoms with Crippen molar-refractivity contribution in [1.82, 2.24) is 4.98 Å². The lowest BCUT2D eigenvalue weighted by Gasteiger charge is -2.05. The molecule has 0 aliphatic heterocycles. The van der Waals surface area contributed by atoms with Crippen LogP contribution in [0.15, 0.2) is 41.2 Å². The number of pyridine rings is 1. The molecule has 0 unspecified atom stereocenters. The lowest BCUT2D eigenvalue weighted by molar-refractivity contribution is 1.41. The minimum absolute atomic E-state index is 0.0532. The largest absolute Gasteiger partial charge is 0.399 e. The second-order valence-electron chi connectivity index (χ2n) is 4.26. The Morgan fingerprint density at radius 3 is 2.76 bits per heavy atom. The molecule has 3 aromatic rings. The molecule has 0 aliphatic carbocycles. The number of para-hydroxylation sites is 1. The molecule has 1 aromatic heterocycles. The number of H-pyrrole nitrogens is 1. The molecular formula is C14H12N2O. The molecule has 0 saturated carbocycles. The van der Waals surface area contributed by atoms with Gasteiger partial charge in [0.2, 0.25) is 0 Å². The first-order chi connectivity index (χ1) is 8.16. The first-order valence-electron chi connectivity index (χ1n) is 5.47. The summed E-state index contributed by atoms with van der Waals surface area (Å²) in [7, 11) is 0. The number of benzene rings is 2. The van der Waals surface area contributed by atoms with Crippen molar-refractivity contribution in [2.24, 2.45) is 0 Å². The maximum atomic E-state index is 12.3. The van der Waals surface area contributed by atoms with Gasteiger partial charge in [-0.1, -0.05) is 12.1 Å². The third-order valence-corrected chi connectivity index (χ3v) is 3.07. The minimum Gasteiger partial charge on any atom is -0.399 e. The molecule has 0 radical (unpaired) electrons. The number of aromatic amines is 1. The van der Waals surface area contributed by atoms with E-state index in [2.05, 4.69) is 4.98 Å². The van der Waals surface area contributed by atoms with E-state index in [9.17, 15) is 4.79 Å². The van der Waals surface area contributed by atoms with E-state index in [1.807, 2.05) is 25.1 Å². The number of fused-ring (bicyclic) bond motifs is 2. The molecule has 0 aliphatic rings. The Bertz CT molecular complexity index is 787. The third-order valence-electron chi connectivity index (χ3n) is 3.07. The molecule has 3 nitrogen and oxygen atoms in total. The lowest BCUT2D eigenvalue weighted by Crippen LogP contribution is -2.05. The maximum Gasteiger partial charge on any atom is 0.197 e. The molecule has 0 amide bonds. The second-order valence-corrected chi connectivity index (χ2v) is 4.26. The summed E-state index contributed by atoms with van der Waals surface area (Å²) in [6, 6.07) is 11.0. The number of hydrogen-bond acceptors (Lipinski definition) is 2. The fourth-order valence-electron chi connectivity index (χ4n) is 2.17. The fourth-order valence-corrected chi connectivity index (χ4v) is 2.17. The van der Waals surface area contributed by atoms with E-state index in [1.165, 1.54) is 0 Å². The Morgan fingerprint density at radius 2 is 1.94 bits per heavy atom. The molecule has 0 fully saturated rings. The first-order valence-corrected chi connectivity index (χ1v) is 5.47. The van der Waals surface area contributed by atoms with Gasteiger partial charge in [0, 0.05) is 16.5 Å². The zero-order valence-corrected chi connectivity index (χ0v) is 9.45. The highest BCUT2D eigenvalue weighted by Gasteiger charge is 2.06. The smallest absolute Gasteiger partial charge is 0.197 e. The van der Waals surface area contributed by atoms with Gasteiger partial charge >= 0.3 is 0 Å². The summed E-state index contributed by atoms with van der Waals surface area (Å²) < 4.78 is 0. The minimum atomic E-state index is 0.0532. The highest BCUT2D eigenvalue weighted by Crippen LogP contribution is 2.19. The van der Waals surface area contributed by atoms with Crippen LogP contribution < -0.4 is 11.2 Å². The highest BCUT2D eigenvalue weighted by atomic mass is 16.1. The summed E-state index contributed by atoms with van der Waals surface area (Å²) in [5.74, 6) is 0. The second kappa shape index (κ2) is 3.35. The van der Waals surface area contributed by atoms with E-state index >= 15 is 0 Å².